The number of hydrogen-bond donors (Lipinski definition) is 1. The van der Waals surface area contributed by atoms with Crippen molar-refractivity contribution < 1.29 is 4.74 Å². The Hall–Kier alpha value is -1.80. The van der Waals surface area contributed by atoms with Crippen LogP contribution in [0, 0.1) is 0 Å². The van der Waals surface area contributed by atoms with Crippen molar-refractivity contribution in [2.75, 3.05) is 7.11 Å². The second-order valence-electron chi connectivity index (χ2n) is 5.38. The van der Waals surface area contributed by atoms with E-state index in [-0.39, 0.29) is 6.04 Å². The van der Waals surface area contributed by atoms with E-state index in [0.29, 0.717) is 6.04 Å². The third-order valence-corrected chi connectivity index (χ3v) is 3.84. The lowest BCUT2D eigenvalue weighted by Crippen LogP contribution is -2.25. The number of methoxy groups -OCH3 is 1. The predicted octanol–water partition coefficient (Wildman–Crippen LogP) is 4.89. The maximum absolute atomic E-state index is 5.47. The minimum Gasteiger partial charge on any atom is -0.496 e. The fraction of sp³-hybridized carbons (Fsp3) is 0.368. The summed E-state index contributed by atoms with van der Waals surface area (Å²) in [5, 5.41) is 3.75. The van der Waals surface area contributed by atoms with Gasteiger partial charge in [0.2, 0.25) is 0 Å². The minimum atomic E-state index is 0.248. The molecule has 0 heterocycles. The Morgan fingerprint density at radius 3 is 2.33 bits per heavy atom. The summed E-state index contributed by atoms with van der Waals surface area (Å²) in [7, 11) is 1.73. The van der Waals surface area contributed by atoms with Crippen molar-refractivity contribution in [2.45, 2.75) is 38.8 Å². The molecular weight excluding hydrogens is 258 g/mol. The van der Waals surface area contributed by atoms with Crippen molar-refractivity contribution in [2.24, 2.45) is 0 Å². The van der Waals surface area contributed by atoms with Gasteiger partial charge in [0.1, 0.15) is 5.75 Å². The molecule has 2 nitrogen and oxygen atoms in total. The van der Waals surface area contributed by atoms with E-state index in [0.717, 1.165) is 18.6 Å². The summed E-state index contributed by atoms with van der Waals surface area (Å²) >= 11 is 0. The highest BCUT2D eigenvalue weighted by Crippen LogP contribution is 2.28. The van der Waals surface area contributed by atoms with E-state index in [1.165, 1.54) is 11.1 Å². The molecule has 0 fully saturated rings. The minimum absolute atomic E-state index is 0.248. The number of hydrogen-bond acceptors (Lipinski definition) is 2. The number of para-hydroxylation sites is 1. The van der Waals surface area contributed by atoms with Gasteiger partial charge in [-0.15, -0.1) is 0 Å². The fourth-order valence-corrected chi connectivity index (χ4v) is 2.74. The molecule has 1 N–H and O–H groups in total. The normalized spacial score (nSPS) is 13.7. The Morgan fingerprint density at radius 1 is 1.00 bits per heavy atom. The molecular formula is C19H25NO. The summed E-state index contributed by atoms with van der Waals surface area (Å²) in [6, 6.07) is 19.5. The van der Waals surface area contributed by atoms with Crippen LogP contribution in [-0.4, -0.2) is 7.11 Å². The summed E-state index contributed by atoms with van der Waals surface area (Å²) in [5.41, 5.74) is 2.55. The molecule has 0 aliphatic heterocycles. The SMILES string of the molecule is CCCC(N[C@@H](C)c1ccccc1OC)c1ccccc1. The van der Waals surface area contributed by atoms with Gasteiger partial charge in [0.25, 0.3) is 0 Å². The van der Waals surface area contributed by atoms with E-state index in [1.54, 1.807) is 7.11 Å². The molecule has 2 rings (SSSR count). The van der Waals surface area contributed by atoms with E-state index in [1.807, 2.05) is 12.1 Å². The fourth-order valence-electron chi connectivity index (χ4n) is 2.74. The van der Waals surface area contributed by atoms with Gasteiger partial charge in [0.15, 0.2) is 0 Å². The Labute approximate surface area is 128 Å². The summed E-state index contributed by atoms with van der Waals surface area (Å²) in [6.07, 6.45) is 2.29. The van der Waals surface area contributed by atoms with Crippen molar-refractivity contribution in [3.63, 3.8) is 0 Å². The van der Waals surface area contributed by atoms with Crippen LogP contribution in [0.4, 0.5) is 0 Å². The van der Waals surface area contributed by atoms with Crippen LogP contribution in [0.15, 0.2) is 54.6 Å². The Bertz CT molecular complexity index is 538. The molecule has 1 unspecified atom stereocenters. The third kappa shape index (κ3) is 4.08. The zero-order chi connectivity index (χ0) is 15.1. The zero-order valence-electron chi connectivity index (χ0n) is 13.2. The molecule has 0 spiro atoms. The molecule has 2 atom stereocenters. The smallest absolute Gasteiger partial charge is 0.123 e. The molecule has 0 aromatic heterocycles. The molecule has 2 aromatic rings. The molecule has 0 amide bonds. The largest absolute Gasteiger partial charge is 0.496 e. The van der Waals surface area contributed by atoms with E-state index in [2.05, 4.69) is 61.6 Å². The molecule has 0 aliphatic rings. The molecule has 21 heavy (non-hydrogen) atoms. The predicted molar refractivity (Wildman–Crippen MR) is 88.6 cm³/mol. The lowest BCUT2D eigenvalue weighted by Gasteiger charge is -2.25. The molecule has 112 valence electrons. The monoisotopic (exact) mass is 283 g/mol. The summed E-state index contributed by atoms with van der Waals surface area (Å²) in [6.45, 7) is 4.43. The van der Waals surface area contributed by atoms with Crippen LogP contribution in [0.2, 0.25) is 0 Å². The van der Waals surface area contributed by atoms with Crippen LogP contribution in [-0.2, 0) is 0 Å². The number of nitrogens with one attached hydrogen (secondary N) is 1. The van der Waals surface area contributed by atoms with Crippen molar-refractivity contribution in [1.29, 1.82) is 0 Å². The van der Waals surface area contributed by atoms with E-state index in [4.69, 9.17) is 4.74 Å². The van der Waals surface area contributed by atoms with Gasteiger partial charge in [-0.1, -0.05) is 61.9 Å². The Morgan fingerprint density at radius 2 is 1.67 bits per heavy atom. The molecule has 0 saturated heterocycles. The zero-order valence-corrected chi connectivity index (χ0v) is 13.2. The first-order chi connectivity index (χ1) is 10.3. The van der Waals surface area contributed by atoms with Crippen LogP contribution < -0.4 is 10.1 Å². The van der Waals surface area contributed by atoms with Crippen molar-refractivity contribution >= 4 is 0 Å². The second-order valence-corrected chi connectivity index (χ2v) is 5.38. The standard InChI is InChI=1S/C19H25NO/c1-4-10-18(16-11-6-5-7-12-16)20-15(2)17-13-8-9-14-19(17)21-3/h5-9,11-15,18,20H,4,10H2,1-3H3/t15-,18?/m0/s1. The Kier molecular flexibility index (Phi) is 5.82. The van der Waals surface area contributed by atoms with Gasteiger partial charge in [-0.2, -0.15) is 0 Å². The first kappa shape index (κ1) is 15.6. The summed E-state index contributed by atoms with van der Waals surface area (Å²) in [5.74, 6) is 0.945. The lowest BCUT2D eigenvalue weighted by molar-refractivity contribution is 0.389. The summed E-state index contributed by atoms with van der Waals surface area (Å²) in [4.78, 5) is 0. The van der Waals surface area contributed by atoms with Crippen molar-refractivity contribution in [3.05, 3.63) is 65.7 Å². The maximum atomic E-state index is 5.47. The average molecular weight is 283 g/mol. The van der Waals surface area contributed by atoms with Crippen LogP contribution in [0.1, 0.15) is 49.9 Å². The first-order valence-electron chi connectivity index (χ1n) is 7.70. The van der Waals surface area contributed by atoms with Gasteiger partial charge in [-0.25, -0.2) is 0 Å². The van der Waals surface area contributed by atoms with Crippen molar-refractivity contribution in [3.8, 4) is 5.75 Å². The van der Waals surface area contributed by atoms with Gasteiger partial charge in [0.05, 0.1) is 7.11 Å². The van der Waals surface area contributed by atoms with Crippen molar-refractivity contribution in [1.82, 2.24) is 5.32 Å². The van der Waals surface area contributed by atoms with Gasteiger partial charge >= 0.3 is 0 Å². The van der Waals surface area contributed by atoms with E-state index >= 15 is 0 Å². The summed E-state index contributed by atoms with van der Waals surface area (Å²) < 4.78 is 5.47. The maximum Gasteiger partial charge on any atom is 0.123 e. The van der Waals surface area contributed by atoms with E-state index in [9.17, 15) is 0 Å². The number of rotatable bonds is 7. The molecule has 0 bridgehead atoms. The topological polar surface area (TPSA) is 21.3 Å². The Balaban J connectivity index is 2.16. The molecule has 2 aromatic carbocycles. The average Bonchev–Trinajstić information content (AvgIpc) is 2.55. The third-order valence-electron chi connectivity index (χ3n) is 3.84. The number of benzene rings is 2. The number of ether oxygens (including phenoxy) is 1. The first-order valence-corrected chi connectivity index (χ1v) is 7.70. The van der Waals surface area contributed by atoms with Gasteiger partial charge in [-0.05, 0) is 25.0 Å². The van der Waals surface area contributed by atoms with E-state index < -0.39 is 0 Å². The van der Waals surface area contributed by atoms with Gasteiger partial charge in [-0.3, -0.25) is 0 Å². The van der Waals surface area contributed by atoms with Gasteiger partial charge in [0, 0.05) is 17.6 Å². The highest BCUT2D eigenvalue weighted by atomic mass is 16.5. The van der Waals surface area contributed by atoms with Gasteiger partial charge < -0.3 is 10.1 Å². The van der Waals surface area contributed by atoms with Crippen LogP contribution in [0.3, 0.4) is 0 Å². The molecule has 2 heteroatoms. The highest BCUT2D eigenvalue weighted by Gasteiger charge is 2.16. The quantitative estimate of drug-likeness (QED) is 0.781. The van der Waals surface area contributed by atoms with Crippen LogP contribution >= 0.6 is 0 Å². The van der Waals surface area contributed by atoms with Crippen LogP contribution in [0.25, 0.3) is 0 Å². The van der Waals surface area contributed by atoms with Crippen LogP contribution in [0.5, 0.6) is 5.75 Å². The highest BCUT2D eigenvalue weighted by molar-refractivity contribution is 5.35. The second kappa shape index (κ2) is 7.84. The molecule has 0 radical (unpaired) electrons. The molecule has 0 aliphatic carbocycles. The lowest BCUT2D eigenvalue weighted by atomic mass is 9.99. The molecule has 0 saturated carbocycles.